The van der Waals surface area contributed by atoms with Crippen molar-refractivity contribution in [2.24, 2.45) is 0 Å². The molecule has 3 aliphatic heterocycles. The molecule has 7 rings (SSSR count). The monoisotopic (exact) mass is 715 g/mol. The number of alkyl halides is 2. The zero-order valence-corrected chi connectivity index (χ0v) is 26.1. The fourth-order valence-electron chi connectivity index (χ4n) is 5.23. The Balaban J connectivity index is 1.20. The second-order valence-electron chi connectivity index (χ2n) is 10.1. The predicted molar refractivity (Wildman–Crippen MR) is 158 cm³/mol. The first kappa shape index (κ1) is 31.1. The van der Waals surface area contributed by atoms with Crippen LogP contribution in [-0.4, -0.2) is 104 Å². The summed E-state index contributed by atoms with van der Waals surface area (Å²) >= 11 is 8.21. The van der Waals surface area contributed by atoms with Crippen LogP contribution in [0, 0.1) is 0 Å². The van der Waals surface area contributed by atoms with Gasteiger partial charge in [0.25, 0.3) is 0 Å². The van der Waals surface area contributed by atoms with Gasteiger partial charge in [0.2, 0.25) is 0 Å². The van der Waals surface area contributed by atoms with Gasteiger partial charge in [0.1, 0.15) is 0 Å². The number of anilines is 2. The van der Waals surface area contributed by atoms with Gasteiger partial charge in [-0.05, 0) is 0 Å². The number of rotatable bonds is 2. The van der Waals surface area contributed by atoms with Crippen molar-refractivity contribution in [1.82, 2.24) is 44.5 Å². The molecule has 246 valence electrons. The van der Waals surface area contributed by atoms with E-state index in [1.165, 1.54) is 10.9 Å². The second-order valence-corrected chi connectivity index (χ2v) is 16.8. The van der Waals surface area contributed by atoms with Crippen molar-refractivity contribution in [1.29, 1.82) is 0 Å². The van der Waals surface area contributed by atoms with Gasteiger partial charge in [-0.25, -0.2) is 0 Å². The van der Waals surface area contributed by atoms with E-state index in [0.717, 1.165) is 11.0 Å². The van der Waals surface area contributed by atoms with Crippen molar-refractivity contribution in [2.75, 3.05) is 24.7 Å². The summed E-state index contributed by atoms with van der Waals surface area (Å²) in [4.78, 5) is 52.6. The minimum atomic E-state index is -4.61. The molecule has 20 nitrogen and oxygen atoms in total. The molecule has 3 saturated heterocycles. The summed E-state index contributed by atoms with van der Waals surface area (Å²) in [6.07, 6.45) is -10.7. The van der Waals surface area contributed by atoms with Gasteiger partial charge in [-0.15, -0.1) is 0 Å². The maximum absolute atomic E-state index is 16.0. The van der Waals surface area contributed by atoms with Crippen LogP contribution in [0.3, 0.4) is 0 Å². The molecule has 8 atom stereocenters. The van der Waals surface area contributed by atoms with Gasteiger partial charge in [0.05, 0.1) is 0 Å². The molecule has 0 saturated carbocycles. The van der Waals surface area contributed by atoms with Crippen LogP contribution in [0.25, 0.3) is 22.3 Å². The van der Waals surface area contributed by atoms with E-state index in [4.69, 9.17) is 39.0 Å². The normalized spacial score (nSPS) is 34.9. The minimum absolute atomic E-state index is 0.0504. The molecule has 4 aromatic heterocycles. The molecular formula is C19H25F2N11O9P2S2. The summed E-state index contributed by atoms with van der Waals surface area (Å²) in [7, 11) is -9.17. The van der Waals surface area contributed by atoms with E-state index in [2.05, 4.69) is 59.7 Å². The molecule has 7 N–H and O–H groups in total. The van der Waals surface area contributed by atoms with Crippen LogP contribution < -0.4 is 17.0 Å². The molecule has 0 aromatic carbocycles. The van der Waals surface area contributed by atoms with Gasteiger partial charge in [0, 0.05) is 0 Å². The Morgan fingerprint density at radius 1 is 0.933 bits per heavy atom. The van der Waals surface area contributed by atoms with Gasteiger partial charge in [-0.3, -0.25) is 0 Å². The molecule has 26 heteroatoms. The molecule has 0 spiro atoms. The maximum atomic E-state index is 16.0. The van der Waals surface area contributed by atoms with Crippen LogP contribution in [0.4, 0.5) is 20.5 Å². The van der Waals surface area contributed by atoms with E-state index in [1.807, 2.05) is 0 Å². The van der Waals surface area contributed by atoms with Gasteiger partial charge in [-0.2, -0.15) is 0 Å². The average molecular weight is 716 g/mol. The van der Waals surface area contributed by atoms with Crippen LogP contribution in [0.1, 0.15) is 12.5 Å². The summed E-state index contributed by atoms with van der Waals surface area (Å²) in [5.41, 5.74) is 10.7. The Hall–Kier alpha value is -2.47. The van der Waals surface area contributed by atoms with Gasteiger partial charge >= 0.3 is 260 Å². The third-order valence-corrected chi connectivity index (χ3v) is 10.9. The van der Waals surface area contributed by atoms with E-state index < -0.39 is 82.3 Å². The number of aromatic nitrogens is 9. The number of H-pyrrole nitrogens is 1. The number of imidazole rings is 1. The molecule has 45 heavy (non-hydrogen) atoms. The number of fused-ring (bicyclic) bond motifs is 5. The molecule has 3 fully saturated rings. The van der Waals surface area contributed by atoms with E-state index in [1.54, 1.807) is 0 Å². The average Bonchev–Trinajstić information content (AvgIpc) is 3.72. The number of aromatic amines is 1. The number of nitrogens with two attached hydrogens (primary N) is 2. The van der Waals surface area contributed by atoms with Gasteiger partial charge in [0.15, 0.2) is 0 Å². The van der Waals surface area contributed by atoms with Crippen LogP contribution in [0.5, 0.6) is 0 Å². The van der Waals surface area contributed by atoms with Crippen molar-refractivity contribution in [2.45, 2.75) is 49.2 Å². The molecule has 4 aromatic rings. The molecule has 7 heterocycles. The number of ether oxygens (including phenoxy) is 2. The Labute approximate surface area is 260 Å². The topological polar surface area (TPSA) is 268 Å². The number of hydrogen-bond acceptors (Lipinski definition) is 19. The molecule has 0 amide bonds. The van der Waals surface area contributed by atoms with Crippen molar-refractivity contribution in [3.63, 3.8) is 0 Å². The number of nitrogen functional groups attached to an aromatic ring is 2. The fraction of sp³-hybridized carbons (Fsp3) is 0.526. The molecule has 0 radical (unpaired) electrons. The second kappa shape index (κ2) is 11.3. The number of nitrogens with zero attached hydrogens (tertiary/aromatic N) is 8. The summed E-state index contributed by atoms with van der Waals surface area (Å²) in [5, 5.41) is 7.59. The summed E-state index contributed by atoms with van der Waals surface area (Å²) in [6.45, 7) is -1.30. The number of halogens is 2. The molecule has 3 aliphatic rings. The van der Waals surface area contributed by atoms with E-state index >= 15 is 8.78 Å². The third-order valence-electron chi connectivity index (χ3n) is 7.24. The van der Waals surface area contributed by atoms with Crippen molar-refractivity contribution < 1.29 is 46.1 Å². The van der Waals surface area contributed by atoms with Crippen molar-refractivity contribution in [3.8, 4) is 0 Å². The molecule has 2 bridgehead atoms. The van der Waals surface area contributed by atoms with Crippen LogP contribution in [0.15, 0.2) is 17.4 Å². The van der Waals surface area contributed by atoms with Crippen molar-refractivity contribution in [3.05, 3.63) is 23.0 Å². The first-order valence-electron chi connectivity index (χ1n) is 13.0. The van der Waals surface area contributed by atoms with E-state index in [0.29, 0.717) is 0 Å². The molecular weight excluding hydrogens is 690 g/mol. The summed E-state index contributed by atoms with van der Waals surface area (Å²) < 4.78 is 68.0. The van der Waals surface area contributed by atoms with Crippen LogP contribution >= 0.6 is 38.8 Å². The van der Waals surface area contributed by atoms with Gasteiger partial charge < -0.3 is 0 Å². The number of nitrogens with one attached hydrogen (secondary N) is 1. The molecule has 0 aliphatic carbocycles. The van der Waals surface area contributed by atoms with Crippen LogP contribution in [-0.2, 0) is 27.6 Å². The van der Waals surface area contributed by atoms with Crippen molar-refractivity contribution >= 4 is 72.9 Å². The zero-order valence-electron chi connectivity index (χ0n) is 22.3. The Kier molecular flexibility index (Phi) is 7.86. The predicted octanol–water partition coefficient (Wildman–Crippen LogP) is -0.529. The quantitative estimate of drug-likeness (QED) is 0.102. The Bertz CT molecular complexity index is 1820. The fourth-order valence-corrected chi connectivity index (χ4v) is 8.55. The third kappa shape index (κ3) is 5.61. The van der Waals surface area contributed by atoms with E-state index in [9.17, 15) is 14.6 Å². The standard InChI is InChI=1S/C19H25F2N11O9P2S2/c20-7-5-1-36-42(34,44)40-11-6(39-17(8(11)21)31-4-26-9-13(22)24-3-25-14(9)31)2-37-43(35,45)41-12(7)18(38-5)32-15-10(29-30-32)16(33)28-19(23)27-15/h3-8,11-12,17-18,34-35,42-45H,1-2H2,(H2,22,24,25)(H3,23,27,28,33)/t5-,6-,7+,8+,11-,12-,17-,18-/m1/s1. The zero-order chi connectivity index (χ0) is 31.8. The van der Waals surface area contributed by atoms with Gasteiger partial charge in [-0.1, -0.05) is 0 Å². The first-order chi connectivity index (χ1) is 21.3. The number of hydrogen-bond donors (Lipinski definition) is 7. The Morgan fingerprint density at radius 3 is 2.38 bits per heavy atom. The SMILES string of the molecule is Nc1nc2c(nnn2[C@@H]2O[C@@H]3CO[PH](O)(S)O[C@H]4[C@H](F)[C@H](n5cnc6c(N)ncnc65)O[C@@H]4CO[PH](O)(S)O[C@@H]2[C@H]3F)c(=O)[nH]1. The Morgan fingerprint density at radius 2 is 1.62 bits per heavy atom. The summed E-state index contributed by atoms with van der Waals surface area (Å²) in [5.74, 6) is -0.235. The van der Waals surface area contributed by atoms with E-state index in [-0.39, 0.29) is 34.1 Å². The first-order valence-corrected chi connectivity index (χ1v) is 19.1. The number of thiol groups is 2. The summed E-state index contributed by atoms with van der Waals surface area (Å²) in [6, 6.07) is 0. The molecule has 0 unspecified atom stereocenters. The van der Waals surface area contributed by atoms with Crippen LogP contribution in [0.2, 0.25) is 0 Å².